The highest BCUT2D eigenvalue weighted by atomic mass is 16.4. The number of hydrogen-bond acceptors (Lipinski definition) is 2. The topological polar surface area (TPSA) is 66.4 Å². The summed E-state index contributed by atoms with van der Waals surface area (Å²) in [6.07, 6.45) is 4.79. The summed E-state index contributed by atoms with van der Waals surface area (Å²) in [5, 5.41) is 13.1. The summed E-state index contributed by atoms with van der Waals surface area (Å²) in [6.45, 7) is 0. The number of carbonyl (C=O) groups excluding carboxylic acids is 1. The Morgan fingerprint density at radius 1 is 0.960 bits per heavy atom. The summed E-state index contributed by atoms with van der Waals surface area (Å²) >= 11 is 0. The maximum Gasteiger partial charge on any atom is 0.330 e. The standard InChI is InChI=1S/C21H19NO3/c23-19(15-9-5-2-6-10-15)22-21(20(24)25)17-12-11-16(13-17)18(21)14-7-3-1-4-8-14/h1-12,16-18H,13H2,(H,22,23)(H,24,25)/t16-,17+,18-,21+/m1/s1. The van der Waals surface area contributed by atoms with Crippen molar-refractivity contribution >= 4 is 11.9 Å². The van der Waals surface area contributed by atoms with Crippen LogP contribution in [0.15, 0.2) is 72.8 Å². The lowest BCUT2D eigenvalue weighted by molar-refractivity contribution is -0.146. The molecule has 2 bridgehead atoms. The molecule has 0 radical (unpaired) electrons. The van der Waals surface area contributed by atoms with Crippen molar-refractivity contribution in [3.63, 3.8) is 0 Å². The van der Waals surface area contributed by atoms with Gasteiger partial charge >= 0.3 is 5.97 Å². The van der Waals surface area contributed by atoms with Crippen molar-refractivity contribution in [2.75, 3.05) is 0 Å². The number of carboxylic acid groups (broad SMARTS) is 1. The molecule has 25 heavy (non-hydrogen) atoms. The second-order valence-electron chi connectivity index (χ2n) is 6.77. The lowest BCUT2D eigenvalue weighted by atomic mass is 9.72. The van der Waals surface area contributed by atoms with E-state index in [-0.39, 0.29) is 23.7 Å². The number of carbonyl (C=O) groups is 2. The molecule has 4 heteroatoms. The van der Waals surface area contributed by atoms with E-state index < -0.39 is 11.5 Å². The molecule has 1 fully saturated rings. The van der Waals surface area contributed by atoms with Crippen molar-refractivity contribution in [1.29, 1.82) is 0 Å². The summed E-state index contributed by atoms with van der Waals surface area (Å²) < 4.78 is 0. The number of fused-ring (bicyclic) bond motifs is 2. The molecule has 0 heterocycles. The van der Waals surface area contributed by atoms with Gasteiger partial charge in [-0.3, -0.25) is 4.79 Å². The third kappa shape index (κ3) is 2.37. The molecule has 0 unspecified atom stereocenters. The zero-order valence-corrected chi connectivity index (χ0v) is 13.6. The minimum atomic E-state index is -1.31. The predicted octanol–water partition coefficient (Wildman–Crippen LogP) is 3.23. The van der Waals surface area contributed by atoms with Crippen LogP contribution in [0, 0.1) is 11.8 Å². The van der Waals surface area contributed by atoms with Crippen molar-refractivity contribution in [2.24, 2.45) is 11.8 Å². The SMILES string of the molecule is O=C(N[C@]1(C(=O)O)[C@H](c2ccccc2)[C@@H]2C=C[C@H]1C2)c1ccccc1. The van der Waals surface area contributed by atoms with Crippen molar-refractivity contribution in [3.05, 3.63) is 83.9 Å². The van der Waals surface area contributed by atoms with Crippen LogP contribution in [-0.4, -0.2) is 22.5 Å². The number of carboxylic acids is 1. The molecule has 1 saturated carbocycles. The highest BCUT2D eigenvalue weighted by Gasteiger charge is 2.62. The summed E-state index contributed by atoms with van der Waals surface area (Å²) in [5.41, 5.74) is 0.116. The van der Waals surface area contributed by atoms with Gasteiger partial charge in [-0.1, -0.05) is 60.7 Å². The number of nitrogens with one attached hydrogen (secondary N) is 1. The Labute approximate surface area is 146 Å². The predicted molar refractivity (Wildman–Crippen MR) is 94.2 cm³/mol. The number of hydrogen-bond donors (Lipinski definition) is 2. The number of rotatable bonds is 4. The van der Waals surface area contributed by atoms with E-state index in [0.29, 0.717) is 5.56 Å². The van der Waals surface area contributed by atoms with Crippen LogP contribution in [0.25, 0.3) is 0 Å². The van der Waals surface area contributed by atoms with Gasteiger partial charge in [0.25, 0.3) is 5.91 Å². The number of amides is 1. The molecule has 2 aromatic carbocycles. The molecule has 1 amide bonds. The normalized spacial score (nSPS) is 29.5. The minimum Gasteiger partial charge on any atom is -0.479 e. The molecule has 2 aromatic rings. The molecular weight excluding hydrogens is 314 g/mol. The molecule has 2 aliphatic rings. The zero-order valence-electron chi connectivity index (χ0n) is 13.6. The van der Waals surface area contributed by atoms with Crippen LogP contribution < -0.4 is 5.32 Å². The number of aliphatic carboxylic acids is 1. The molecular formula is C21H19NO3. The third-order valence-electron chi connectivity index (χ3n) is 5.49. The van der Waals surface area contributed by atoms with Gasteiger partial charge in [-0.2, -0.15) is 0 Å². The maximum atomic E-state index is 12.8. The Hall–Kier alpha value is -2.88. The van der Waals surface area contributed by atoms with Crippen LogP contribution >= 0.6 is 0 Å². The molecule has 2 N–H and O–H groups in total. The van der Waals surface area contributed by atoms with Gasteiger partial charge in [0.2, 0.25) is 0 Å². The van der Waals surface area contributed by atoms with E-state index in [1.54, 1.807) is 24.3 Å². The maximum absolute atomic E-state index is 12.8. The first-order chi connectivity index (χ1) is 12.1. The third-order valence-corrected chi connectivity index (χ3v) is 5.49. The van der Waals surface area contributed by atoms with E-state index in [9.17, 15) is 14.7 Å². The largest absolute Gasteiger partial charge is 0.479 e. The molecule has 0 aromatic heterocycles. The fraction of sp³-hybridized carbons (Fsp3) is 0.238. The Morgan fingerprint density at radius 2 is 1.60 bits per heavy atom. The lowest BCUT2D eigenvalue weighted by Gasteiger charge is -2.39. The van der Waals surface area contributed by atoms with E-state index >= 15 is 0 Å². The first-order valence-electron chi connectivity index (χ1n) is 8.47. The number of benzene rings is 2. The van der Waals surface area contributed by atoms with Gasteiger partial charge in [0.15, 0.2) is 5.54 Å². The van der Waals surface area contributed by atoms with Gasteiger partial charge in [-0.15, -0.1) is 0 Å². The summed E-state index contributed by atoms with van der Waals surface area (Å²) in [4.78, 5) is 25.2. The van der Waals surface area contributed by atoms with Gasteiger partial charge < -0.3 is 10.4 Å². The lowest BCUT2D eigenvalue weighted by Crippen LogP contribution is -2.60. The first-order valence-corrected chi connectivity index (χ1v) is 8.47. The van der Waals surface area contributed by atoms with E-state index in [0.717, 1.165) is 12.0 Å². The zero-order chi connectivity index (χ0) is 17.4. The monoisotopic (exact) mass is 333 g/mol. The van der Waals surface area contributed by atoms with Crippen LogP contribution in [0.5, 0.6) is 0 Å². The molecule has 0 aliphatic heterocycles. The van der Waals surface area contributed by atoms with Gasteiger partial charge in [0, 0.05) is 17.4 Å². The fourth-order valence-corrected chi connectivity index (χ4v) is 4.42. The fourth-order valence-electron chi connectivity index (χ4n) is 4.42. The second kappa shape index (κ2) is 5.88. The molecule has 0 saturated heterocycles. The highest BCUT2D eigenvalue weighted by molar-refractivity contribution is 5.99. The van der Waals surface area contributed by atoms with E-state index in [4.69, 9.17) is 0 Å². The molecule has 126 valence electrons. The van der Waals surface area contributed by atoms with E-state index in [2.05, 4.69) is 11.4 Å². The van der Waals surface area contributed by atoms with Crippen LogP contribution in [0.3, 0.4) is 0 Å². The van der Waals surface area contributed by atoms with Gasteiger partial charge in [0.1, 0.15) is 0 Å². The Morgan fingerprint density at radius 3 is 2.24 bits per heavy atom. The van der Waals surface area contributed by atoms with Crippen molar-refractivity contribution in [2.45, 2.75) is 17.9 Å². The molecule has 4 nitrogen and oxygen atoms in total. The van der Waals surface area contributed by atoms with Crippen molar-refractivity contribution in [3.8, 4) is 0 Å². The minimum absolute atomic E-state index is 0.125. The van der Waals surface area contributed by atoms with Gasteiger partial charge in [-0.25, -0.2) is 4.79 Å². The average molecular weight is 333 g/mol. The van der Waals surface area contributed by atoms with Crippen LogP contribution in [0.1, 0.15) is 28.3 Å². The summed E-state index contributed by atoms with van der Waals surface area (Å²) in [7, 11) is 0. The van der Waals surface area contributed by atoms with Gasteiger partial charge in [0.05, 0.1) is 0 Å². The Kier molecular flexibility index (Phi) is 3.68. The second-order valence-corrected chi connectivity index (χ2v) is 6.77. The van der Waals surface area contributed by atoms with E-state index in [1.807, 2.05) is 42.5 Å². The Balaban J connectivity index is 1.77. The molecule has 4 atom stereocenters. The summed E-state index contributed by atoms with van der Waals surface area (Å²) in [6, 6.07) is 18.4. The molecule has 4 rings (SSSR count). The molecule has 2 aliphatic carbocycles. The van der Waals surface area contributed by atoms with Crippen molar-refractivity contribution in [1.82, 2.24) is 5.32 Å². The van der Waals surface area contributed by atoms with Crippen molar-refractivity contribution < 1.29 is 14.7 Å². The quantitative estimate of drug-likeness (QED) is 0.844. The van der Waals surface area contributed by atoms with Crippen LogP contribution in [0.2, 0.25) is 0 Å². The number of allylic oxidation sites excluding steroid dienone is 1. The van der Waals surface area contributed by atoms with Gasteiger partial charge in [-0.05, 0) is 30.0 Å². The summed E-state index contributed by atoms with van der Waals surface area (Å²) in [5.74, 6) is -1.66. The average Bonchev–Trinajstić information content (AvgIpc) is 3.23. The Bertz CT molecular complexity index is 831. The highest BCUT2D eigenvalue weighted by Crippen LogP contribution is 2.55. The smallest absolute Gasteiger partial charge is 0.330 e. The first kappa shape index (κ1) is 15.6. The molecule has 0 spiro atoms. The van der Waals surface area contributed by atoms with Crippen LogP contribution in [-0.2, 0) is 4.79 Å². The van der Waals surface area contributed by atoms with E-state index in [1.165, 1.54) is 0 Å². The van der Waals surface area contributed by atoms with Crippen LogP contribution in [0.4, 0.5) is 0 Å².